The Hall–Kier alpha value is -2.43. The number of halogens is 1. The number of carbonyl (C=O) groups is 2. The summed E-state index contributed by atoms with van der Waals surface area (Å²) in [6, 6.07) is 6.24. The lowest BCUT2D eigenvalue weighted by atomic mass is 9.71. The van der Waals surface area contributed by atoms with E-state index in [4.69, 9.17) is 4.74 Å². The number of ether oxygens (including phenoxy) is 1. The first-order valence-electron chi connectivity index (χ1n) is 10.7. The number of allylic oxidation sites excluding steroid dienone is 3. The highest BCUT2D eigenvalue weighted by Crippen LogP contribution is 2.44. The maximum absolute atomic E-state index is 14.0. The second kappa shape index (κ2) is 8.52. The monoisotopic (exact) mass is 397 g/mol. The first kappa shape index (κ1) is 19.9. The van der Waals surface area contributed by atoms with Crippen LogP contribution in [-0.2, 0) is 14.3 Å². The first-order valence-corrected chi connectivity index (χ1v) is 10.7. The molecule has 5 heteroatoms. The average molecular weight is 397 g/mol. The molecule has 1 saturated carbocycles. The molecule has 2 atom stereocenters. The molecule has 4 rings (SSSR count). The zero-order valence-corrected chi connectivity index (χ0v) is 16.9. The fourth-order valence-electron chi connectivity index (χ4n) is 4.92. The van der Waals surface area contributed by atoms with E-state index in [-0.39, 0.29) is 23.7 Å². The predicted octanol–water partition coefficient (Wildman–Crippen LogP) is 4.92. The van der Waals surface area contributed by atoms with Gasteiger partial charge in [-0.15, -0.1) is 0 Å². The Morgan fingerprint density at radius 3 is 2.62 bits per heavy atom. The predicted molar refractivity (Wildman–Crippen MR) is 108 cm³/mol. The number of esters is 1. The van der Waals surface area contributed by atoms with Crippen molar-refractivity contribution in [2.75, 3.05) is 0 Å². The van der Waals surface area contributed by atoms with Crippen LogP contribution >= 0.6 is 0 Å². The van der Waals surface area contributed by atoms with Gasteiger partial charge in [0.2, 0.25) is 0 Å². The summed E-state index contributed by atoms with van der Waals surface area (Å²) < 4.78 is 20.0. The first-order chi connectivity index (χ1) is 14.0. The van der Waals surface area contributed by atoms with Crippen LogP contribution in [0, 0.1) is 11.7 Å². The van der Waals surface area contributed by atoms with Crippen LogP contribution in [0.3, 0.4) is 0 Å². The van der Waals surface area contributed by atoms with Gasteiger partial charge in [-0.05, 0) is 56.7 Å². The molecule has 2 aliphatic carbocycles. The lowest BCUT2D eigenvalue weighted by Crippen LogP contribution is -2.41. The van der Waals surface area contributed by atoms with Crippen LogP contribution < -0.4 is 5.32 Å². The number of hydrogen-bond acceptors (Lipinski definition) is 4. The highest BCUT2D eigenvalue weighted by molar-refractivity contribution is 5.96. The molecular weight excluding hydrogens is 369 g/mol. The molecule has 0 amide bonds. The molecule has 0 radical (unpaired) electrons. The van der Waals surface area contributed by atoms with Gasteiger partial charge in [0.05, 0.1) is 11.5 Å². The minimum Gasteiger partial charge on any atom is -0.459 e. The number of carbonyl (C=O) groups excluding carboxylic acids is 2. The minimum atomic E-state index is -0.524. The Balaban J connectivity index is 1.72. The van der Waals surface area contributed by atoms with Crippen molar-refractivity contribution < 1.29 is 18.7 Å². The Morgan fingerprint density at radius 2 is 1.90 bits per heavy atom. The Bertz CT molecular complexity index is 865. The van der Waals surface area contributed by atoms with Crippen LogP contribution in [0.1, 0.15) is 69.8 Å². The molecule has 3 aliphatic rings. The summed E-state index contributed by atoms with van der Waals surface area (Å²) in [6.45, 7) is 1.84. The summed E-state index contributed by atoms with van der Waals surface area (Å²) >= 11 is 0. The molecule has 1 fully saturated rings. The molecule has 29 heavy (non-hydrogen) atoms. The van der Waals surface area contributed by atoms with Gasteiger partial charge in [-0.1, -0.05) is 31.1 Å². The maximum atomic E-state index is 14.0. The summed E-state index contributed by atoms with van der Waals surface area (Å²) in [4.78, 5) is 26.2. The van der Waals surface area contributed by atoms with Gasteiger partial charge in [-0.2, -0.15) is 0 Å². The number of nitrogens with one attached hydrogen (secondary N) is 1. The minimum absolute atomic E-state index is 0.0801. The third kappa shape index (κ3) is 4.14. The molecule has 0 aromatic heterocycles. The lowest BCUT2D eigenvalue weighted by Gasteiger charge is -2.38. The summed E-state index contributed by atoms with van der Waals surface area (Å²) in [5, 5.41) is 3.27. The molecule has 1 aromatic carbocycles. The van der Waals surface area contributed by atoms with Crippen molar-refractivity contribution in [1.82, 2.24) is 5.32 Å². The SMILES string of the molecule is CC1=C(C(=O)OC2CCCCCC2)C(c2cccc(F)c2)C2C(=O)CCC=C2N1. The van der Waals surface area contributed by atoms with E-state index in [9.17, 15) is 14.0 Å². The van der Waals surface area contributed by atoms with Crippen molar-refractivity contribution in [2.24, 2.45) is 5.92 Å². The molecular formula is C24H28FNO3. The number of Topliss-reactive ketones (excluding diaryl/α,β-unsaturated/α-hetero) is 1. The Labute approximate surface area is 171 Å². The Kier molecular flexibility index (Phi) is 5.84. The summed E-state index contributed by atoms with van der Waals surface area (Å²) in [7, 11) is 0. The van der Waals surface area contributed by atoms with Crippen LogP contribution in [0.4, 0.5) is 4.39 Å². The summed E-state index contributed by atoms with van der Waals surface area (Å²) in [6.07, 6.45) is 9.29. The van der Waals surface area contributed by atoms with Gasteiger partial charge < -0.3 is 10.1 Å². The van der Waals surface area contributed by atoms with E-state index in [1.165, 1.54) is 25.0 Å². The third-order valence-electron chi connectivity index (χ3n) is 6.32. The van der Waals surface area contributed by atoms with Crippen LogP contribution in [-0.4, -0.2) is 17.9 Å². The van der Waals surface area contributed by atoms with E-state index in [0.29, 0.717) is 29.7 Å². The summed E-state index contributed by atoms with van der Waals surface area (Å²) in [5.41, 5.74) is 2.61. The maximum Gasteiger partial charge on any atom is 0.336 e. The molecule has 0 spiro atoms. The van der Waals surface area contributed by atoms with Crippen molar-refractivity contribution in [3.05, 3.63) is 58.7 Å². The topological polar surface area (TPSA) is 55.4 Å². The quantitative estimate of drug-likeness (QED) is 0.581. The normalized spacial score (nSPS) is 25.6. The van der Waals surface area contributed by atoms with Crippen molar-refractivity contribution in [3.8, 4) is 0 Å². The number of ketones is 1. The van der Waals surface area contributed by atoms with Crippen molar-refractivity contribution in [2.45, 2.75) is 70.3 Å². The van der Waals surface area contributed by atoms with Gasteiger partial charge in [0, 0.05) is 23.7 Å². The number of rotatable bonds is 3. The molecule has 4 nitrogen and oxygen atoms in total. The smallest absolute Gasteiger partial charge is 0.336 e. The summed E-state index contributed by atoms with van der Waals surface area (Å²) in [5.74, 6) is -1.69. The van der Waals surface area contributed by atoms with E-state index in [0.717, 1.165) is 31.4 Å². The van der Waals surface area contributed by atoms with E-state index in [1.54, 1.807) is 12.1 Å². The van der Waals surface area contributed by atoms with Gasteiger partial charge in [0.1, 0.15) is 17.7 Å². The van der Waals surface area contributed by atoms with Crippen LogP contribution in [0.2, 0.25) is 0 Å². The van der Waals surface area contributed by atoms with Crippen molar-refractivity contribution in [3.63, 3.8) is 0 Å². The zero-order chi connectivity index (χ0) is 20.4. The molecule has 154 valence electrons. The third-order valence-corrected chi connectivity index (χ3v) is 6.32. The number of benzene rings is 1. The lowest BCUT2D eigenvalue weighted by molar-refractivity contribution is -0.145. The van der Waals surface area contributed by atoms with Gasteiger partial charge in [0.25, 0.3) is 0 Å². The highest BCUT2D eigenvalue weighted by Gasteiger charge is 2.43. The molecule has 1 aliphatic heterocycles. The van der Waals surface area contributed by atoms with Crippen LogP contribution in [0.25, 0.3) is 0 Å². The average Bonchev–Trinajstić information content (AvgIpc) is 2.95. The second-order valence-corrected chi connectivity index (χ2v) is 8.36. The van der Waals surface area contributed by atoms with Gasteiger partial charge in [-0.25, -0.2) is 9.18 Å². The molecule has 2 unspecified atom stereocenters. The largest absolute Gasteiger partial charge is 0.459 e. The van der Waals surface area contributed by atoms with Gasteiger partial charge >= 0.3 is 5.97 Å². The Morgan fingerprint density at radius 1 is 1.14 bits per heavy atom. The standard InChI is InChI=1S/C24H28FNO3/c1-15-21(24(28)29-18-10-4-2-3-5-11-18)22(16-8-6-9-17(25)14-16)23-19(26-15)12-7-13-20(23)27/h6,8-9,12,14,18,22-23,26H,2-5,7,10-11,13H2,1H3. The fraction of sp³-hybridized carbons (Fsp3) is 0.500. The van der Waals surface area contributed by atoms with E-state index in [1.807, 2.05) is 13.0 Å². The molecule has 1 heterocycles. The molecule has 1 aromatic rings. The van der Waals surface area contributed by atoms with Crippen LogP contribution in [0.5, 0.6) is 0 Å². The van der Waals surface area contributed by atoms with Crippen molar-refractivity contribution >= 4 is 11.8 Å². The number of fused-ring (bicyclic) bond motifs is 1. The van der Waals surface area contributed by atoms with Crippen molar-refractivity contribution in [1.29, 1.82) is 0 Å². The molecule has 0 bridgehead atoms. The van der Waals surface area contributed by atoms with Gasteiger partial charge in [-0.3, -0.25) is 4.79 Å². The van der Waals surface area contributed by atoms with E-state index >= 15 is 0 Å². The van der Waals surface area contributed by atoms with E-state index in [2.05, 4.69) is 5.32 Å². The zero-order valence-electron chi connectivity index (χ0n) is 16.9. The second-order valence-electron chi connectivity index (χ2n) is 8.36. The molecule has 1 N–H and O–H groups in total. The molecule has 0 saturated heterocycles. The fourth-order valence-corrected chi connectivity index (χ4v) is 4.92. The van der Waals surface area contributed by atoms with Crippen LogP contribution in [0.15, 0.2) is 47.3 Å². The van der Waals surface area contributed by atoms with E-state index < -0.39 is 11.8 Å². The number of hydrogen-bond donors (Lipinski definition) is 1. The van der Waals surface area contributed by atoms with Gasteiger partial charge in [0.15, 0.2) is 0 Å². The highest BCUT2D eigenvalue weighted by atomic mass is 19.1.